The quantitative estimate of drug-likeness (QED) is 0.517. The minimum absolute atomic E-state index is 0.295. The Morgan fingerprint density at radius 1 is 1.07 bits per heavy atom. The fourth-order valence-corrected chi connectivity index (χ4v) is 3.30. The molecule has 27 heavy (non-hydrogen) atoms. The van der Waals surface area contributed by atoms with E-state index in [4.69, 9.17) is 23.2 Å². The van der Waals surface area contributed by atoms with Crippen molar-refractivity contribution < 1.29 is 4.79 Å². The summed E-state index contributed by atoms with van der Waals surface area (Å²) < 4.78 is 1.65. The van der Waals surface area contributed by atoms with Gasteiger partial charge in [0.15, 0.2) is 5.65 Å². The summed E-state index contributed by atoms with van der Waals surface area (Å²) in [4.78, 5) is 17.7. The Labute approximate surface area is 165 Å². The maximum absolute atomic E-state index is 13.0. The molecule has 2 heterocycles. The summed E-state index contributed by atoms with van der Waals surface area (Å²) in [5.41, 5.74) is 3.20. The average molecular weight is 397 g/mol. The van der Waals surface area contributed by atoms with E-state index in [-0.39, 0.29) is 5.91 Å². The molecule has 2 aromatic heterocycles. The molecule has 2 aromatic carbocycles. The van der Waals surface area contributed by atoms with Crippen LogP contribution in [0.1, 0.15) is 10.4 Å². The van der Waals surface area contributed by atoms with Crippen LogP contribution in [0.3, 0.4) is 0 Å². The molecule has 1 amide bonds. The lowest BCUT2D eigenvalue weighted by Crippen LogP contribution is -2.13. The van der Waals surface area contributed by atoms with Gasteiger partial charge < -0.3 is 5.32 Å². The molecule has 0 aliphatic heterocycles. The van der Waals surface area contributed by atoms with Gasteiger partial charge in [-0.05, 0) is 24.3 Å². The molecule has 0 radical (unpaired) electrons. The Morgan fingerprint density at radius 3 is 2.59 bits per heavy atom. The van der Waals surface area contributed by atoms with Crippen molar-refractivity contribution in [2.45, 2.75) is 0 Å². The fourth-order valence-electron chi connectivity index (χ4n) is 2.84. The molecule has 4 aromatic rings. The molecular formula is C20H14Cl2N4O. The van der Waals surface area contributed by atoms with Crippen molar-refractivity contribution in [3.8, 4) is 11.3 Å². The highest BCUT2D eigenvalue weighted by Crippen LogP contribution is 2.28. The maximum Gasteiger partial charge on any atom is 0.256 e. The summed E-state index contributed by atoms with van der Waals surface area (Å²) in [6.45, 7) is 0. The van der Waals surface area contributed by atoms with Gasteiger partial charge in [-0.25, -0.2) is 4.98 Å². The number of nitrogens with one attached hydrogen (secondary N) is 1. The molecule has 0 bridgehead atoms. The van der Waals surface area contributed by atoms with Crippen LogP contribution in [0.15, 0.2) is 60.8 Å². The number of aryl methyl sites for hydroxylation is 1. The van der Waals surface area contributed by atoms with Gasteiger partial charge in [0.05, 0.1) is 33.6 Å². The number of hydrogen-bond donors (Lipinski definition) is 1. The summed E-state index contributed by atoms with van der Waals surface area (Å²) in [5, 5.41) is 8.62. The van der Waals surface area contributed by atoms with E-state index in [2.05, 4.69) is 15.4 Å². The van der Waals surface area contributed by atoms with Gasteiger partial charge in [0.1, 0.15) is 0 Å². The third-order valence-corrected chi connectivity index (χ3v) is 4.75. The van der Waals surface area contributed by atoms with Crippen molar-refractivity contribution >= 4 is 45.8 Å². The topological polar surface area (TPSA) is 59.8 Å². The van der Waals surface area contributed by atoms with E-state index in [1.807, 2.05) is 30.3 Å². The van der Waals surface area contributed by atoms with E-state index in [0.717, 1.165) is 5.56 Å². The molecule has 0 aliphatic carbocycles. The molecule has 0 fully saturated rings. The largest absolute Gasteiger partial charge is 0.321 e. The molecule has 0 atom stereocenters. The number of aromatic nitrogens is 3. The molecule has 0 saturated heterocycles. The van der Waals surface area contributed by atoms with Gasteiger partial charge in [0.25, 0.3) is 5.91 Å². The fraction of sp³-hybridized carbons (Fsp3) is 0.0500. The van der Waals surface area contributed by atoms with E-state index in [1.54, 1.807) is 42.2 Å². The molecule has 5 nitrogen and oxygen atoms in total. The molecule has 0 saturated carbocycles. The average Bonchev–Trinajstić information content (AvgIpc) is 3.05. The van der Waals surface area contributed by atoms with Crippen LogP contribution in [0.4, 0.5) is 5.69 Å². The Kier molecular flexibility index (Phi) is 4.56. The normalized spacial score (nSPS) is 10.9. The lowest BCUT2D eigenvalue weighted by molar-refractivity contribution is 0.102. The monoisotopic (exact) mass is 396 g/mol. The van der Waals surface area contributed by atoms with Gasteiger partial charge in [-0.1, -0.05) is 53.5 Å². The number of fused-ring (bicyclic) bond motifs is 1. The van der Waals surface area contributed by atoms with Crippen molar-refractivity contribution in [3.63, 3.8) is 0 Å². The Balaban J connectivity index is 1.81. The van der Waals surface area contributed by atoms with Crippen molar-refractivity contribution in [2.75, 3.05) is 5.32 Å². The summed E-state index contributed by atoms with van der Waals surface area (Å²) in [7, 11) is 1.79. The molecule has 7 heteroatoms. The highest BCUT2D eigenvalue weighted by atomic mass is 35.5. The van der Waals surface area contributed by atoms with Crippen LogP contribution in [0.5, 0.6) is 0 Å². The minimum Gasteiger partial charge on any atom is -0.321 e. The van der Waals surface area contributed by atoms with Crippen molar-refractivity contribution in [1.29, 1.82) is 0 Å². The van der Waals surface area contributed by atoms with Gasteiger partial charge in [-0.15, -0.1) is 0 Å². The van der Waals surface area contributed by atoms with Crippen molar-refractivity contribution in [3.05, 3.63) is 76.4 Å². The third-order valence-electron chi connectivity index (χ3n) is 4.20. The van der Waals surface area contributed by atoms with Gasteiger partial charge in [-0.2, -0.15) is 5.10 Å². The smallest absolute Gasteiger partial charge is 0.256 e. The summed E-state index contributed by atoms with van der Waals surface area (Å²) in [6, 6.07) is 16.4. The first kappa shape index (κ1) is 17.5. The van der Waals surface area contributed by atoms with Crippen LogP contribution >= 0.6 is 23.2 Å². The highest BCUT2D eigenvalue weighted by Gasteiger charge is 2.17. The first-order chi connectivity index (χ1) is 13.0. The van der Waals surface area contributed by atoms with Crippen LogP contribution in [-0.2, 0) is 7.05 Å². The van der Waals surface area contributed by atoms with Gasteiger partial charge in [0, 0.05) is 17.6 Å². The summed E-state index contributed by atoms with van der Waals surface area (Å²) in [6.07, 6.45) is 1.63. The molecule has 0 aliphatic rings. The van der Waals surface area contributed by atoms with Crippen LogP contribution in [-0.4, -0.2) is 20.7 Å². The van der Waals surface area contributed by atoms with E-state index in [9.17, 15) is 4.79 Å². The molecule has 4 rings (SSSR count). The SMILES string of the molecule is Cn1ncc2c(C(=O)Nc3ccc(Cl)cc3Cl)cc(-c3ccccc3)nc21. The second-order valence-electron chi connectivity index (χ2n) is 6.00. The van der Waals surface area contributed by atoms with Gasteiger partial charge in [0.2, 0.25) is 0 Å². The second kappa shape index (κ2) is 7.02. The van der Waals surface area contributed by atoms with Gasteiger partial charge in [-0.3, -0.25) is 9.48 Å². The highest BCUT2D eigenvalue weighted by molar-refractivity contribution is 6.37. The second-order valence-corrected chi connectivity index (χ2v) is 6.85. The number of carbonyl (C=O) groups excluding carboxylic acids is 1. The first-order valence-electron chi connectivity index (χ1n) is 8.17. The summed E-state index contributed by atoms with van der Waals surface area (Å²) >= 11 is 12.1. The maximum atomic E-state index is 13.0. The number of carbonyl (C=O) groups is 1. The number of rotatable bonds is 3. The number of anilines is 1. The van der Waals surface area contributed by atoms with Crippen LogP contribution in [0.2, 0.25) is 10.0 Å². The number of nitrogens with zero attached hydrogens (tertiary/aromatic N) is 3. The van der Waals surface area contributed by atoms with E-state index >= 15 is 0 Å². The minimum atomic E-state index is -0.295. The standard InChI is InChI=1S/C20H14Cl2N4O/c1-26-19-15(11-23-26)14(10-18(24-19)12-5-3-2-4-6-12)20(27)25-17-8-7-13(21)9-16(17)22/h2-11H,1H3,(H,25,27). The van der Waals surface area contributed by atoms with E-state index in [1.165, 1.54) is 0 Å². The number of halogens is 2. The summed E-state index contributed by atoms with van der Waals surface area (Å²) in [5.74, 6) is -0.295. The van der Waals surface area contributed by atoms with Crippen molar-refractivity contribution in [1.82, 2.24) is 14.8 Å². The Hall–Kier alpha value is -2.89. The van der Waals surface area contributed by atoms with Crippen LogP contribution in [0.25, 0.3) is 22.3 Å². The lowest BCUT2D eigenvalue weighted by Gasteiger charge is -2.10. The zero-order chi connectivity index (χ0) is 19.0. The number of benzene rings is 2. The predicted molar refractivity (Wildman–Crippen MR) is 108 cm³/mol. The Bertz CT molecular complexity index is 1160. The Morgan fingerprint density at radius 2 is 1.85 bits per heavy atom. The zero-order valence-electron chi connectivity index (χ0n) is 14.3. The number of amides is 1. The lowest BCUT2D eigenvalue weighted by atomic mass is 10.1. The molecular weight excluding hydrogens is 383 g/mol. The van der Waals surface area contributed by atoms with E-state index < -0.39 is 0 Å². The predicted octanol–water partition coefficient (Wildman–Crippen LogP) is 5.19. The first-order valence-corrected chi connectivity index (χ1v) is 8.93. The van der Waals surface area contributed by atoms with E-state index in [0.29, 0.717) is 38.0 Å². The number of pyridine rings is 1. The van der Waals surface area contributed by atoms with Crippen LogP contribution < -0.4 is 5.32 Å². The molecule has 134 valence electrons. The van der Waals surface area contributed by atoms with Crippen molar-refractivity contribution in [2.24, 2.45) is 7.05 Å². The molecule has 0 spiro atoms. The molecule has 1 N–H and O–H groups in total. The zero-order valence-corrected chi connectivity index (χ0v) is 15.8. The van der Waals surface area contributed by atoms with Crippen LogP contribution in [0, 0.1) is 0 Å². The number of hydrogen-bond acceptors (Lipinski definition) is 3. The third kappa shape index (κ3) is 3.39. The van der Waals surface area contributed by atoms with Gasteiger partial charge >= 0.3 is 0 Å². The molecule has 0 unspecified atom stereocenters.